The molecule has 1 aromatic carbocycles. The zero-order valence-corrected chi connectivity index (χ0v) is 23.4. The molecular formula is C29H36N6O5. The predicted molar refractivity (Wildman–Crippen MR) is 148 cm³/mol. The average Bonchev–Trinajstić information content (AvgIpc) is 3.56. The Labute approximate surface area is 234 Å². The smallest absolute Gasteiger partial charge is 0.410 e. The van der Waals surface area contributed by atoms with Gasteiger partial charge in [0.05, 0.1) is 18.6 Å². The summed E-state index contributed by atoms with van der Waals surface area (Å²) in [5.41, 5.74) is 1.86. The molecular weight excluding hydrogens is 512 g/mol. The number of methoxy groups -OCH3 is 1. The van der Waals surface area contributed by atoms with Crippen LogP contribution in [0, 0.1) is 0 Å². The summed E-state index contributed by atoms with van der Waals surface area (Å²) in [5, 5.41) is 9.27. The summed E-state index contributed by atoms with van der Waals surface area (Å²) in [6.45, 7) is 7.15. The minimum Gasteiger partial charge on any atom is -0.488 e. The number of piperidine rings is 1. The van der Waals surface area contributed by atoms with E-state index in [1.165, 1.54) is 0 Å². The molecule has 3 aromatic rings. The third-order valence-corrected chi connectivity index (χ3v) is 7.73. The highest BCUT2D eigenvalue weighted by molar-refractivity contribution is 5.72. The number of ether oxygens (including phenoxy) is 4. The van der Waals surface area contributed by atoms with Crippen LogP contribution in [0.3, 0.4) is 0 Å². The second-order valence-corrected chi connectivity index (χ2v) is 11.6. The Bertz CT molecular complexity index is 1340. The van der Waals surface area contributed by atoms with Crippen molar-refractivity contribution in [1.82, 2.24) is 24.6 Å². The van der Waals surface area contributed by atoms with E-state index in [0.717, 1.165) is 49.3 Å². The van der Waals surface area contributed by atoms with Crippen LogP contribution >= 0.6 is 0 Å². The number of imidazole rings is 1. The van der Waals surface area contributed by atoms with Gasteiger partial charge in [0, 0.05) is 55.3 Å². The molecule has 2 aromatic heterocycles. The SMILES string of the molecule is COCOc1cc(-n2ccnc2)ccc1-c1cc2c(nn1)N([C@@H]1C[C@H]3CC[C@@H](C1)N3C(=O)OC(C)(C)C)CCO2. The fourth-order valence-corrected chi connectivity index (χ4v) is 6.07. The lowest BCUT2D eigenvalue weighted by atomic mass is 9.95. The van der Waals surface area contributed by atoms with Crippen molar-refractivity contribution in [2.75, 3.05) is 32.0 Å². The van der Waals surface area contributed by atoms with Gasteiger partial charge >= 0.3 is 6.09 Å². The Hall–Kier alpha value is -3.86. The molecule has 1 amide bonds. The maximum atomic E-state index is 12.9. The van der Waals surface area contributed by atoms with Crippen LogP contribution in [0.1, 0.15) is 46.5 Å². The van der Waals surface area contributed by atoms with Gasteiger partial charge in [-0.3, -0.25) is 0 Å². The quantitative estimate of drug-likeness (QED) is 0.414. The molecule has 2 saturated heterocycles. The van der Waals surface area contributed by atoms with Crippen molar-refractivity contribution in [2.45, 2.75) is 70.2 Å². The minimum atomic E-state index is -0.502. The molecule has 212 valence electrons. The molecule has 11 heteroatoms. The van der Waals surface area contributed by atoms with E-state index in [9.17, 15) is 4.79 Å². The third kappa shape index (κ3) is 5.17. The maximum absolute atomic E-state index is 12.9. The highest BCUT2D eigenvalue weighted by atomic mass is 16.7. The van der Waals surface area contributed by atoms with Gasteiger partial charge in [0.15, 0.2) is 18.4 Å². The van der Waals surface area contributed by atoms with Gasteiger partial charge in [-0.25, -0.2) is 9.78 Å². The van der Waals surface area contributed by atoms with Gasteiger partial charge in [0.25, 0.3) is 0 Å². The lowest BCUT2D eigenvalue weighted by molar-refractivity contribution is 0.00559. The van der Waals surface area contributed by atoms with Gasteiger partial charge in [0.2, 0.25) is 0 Å². The largest absolute Gasteiger partial charge is 0.488 e. The summed E-state index contributed by atoms with van der Waals surface area (Å²) in [6, 6.07) is 8.41. The van der Waals surface area contributed by atoms with Crippen LogP contribution in [0.25, 0.3) is 16.9 Å². The average molecular weight is 549 g/mol. The topological polar surface area (TPSA) is 104 Å². The summed E-state index contributed by atoms with van der Waals surface area (Å²) in [6.07, 6.45) is 8.90. The van der Waals surface area contributed by atoms with Crippen LogP contribution in [-0.2, 0) is 9.47 Å². The monoisotopic (exact) mass is 548 g/mol. The second kappa shape index (κ2) is 10.6. The number of aromatic nitrogens is 4. The fraction of sp³-hybridized carbons (Fsp3) is 0.517. The van der Waals surface area contributed by atoms with Crippen molar-refractivity contribution in [1.29, 1.82) is 0 Å². The van der Waals surface area contributed by atoms with Crippen molar-refractivity contribution >= 4 is 11.9 Å². The molecule has 3 aliphatic rings. The lowest BCUT2D eigenvalue weighted by Gasteiger charge is -2.44. The minimum absolute atomic E-state index is 0.105. The molecule has 2 fully saturated rings. The van der Waals surface area contributed by atoms with Crippen molar-refractivity contribution < 1.29 is 23.7 Å². The number of fused-ring (bicyclic) bond motifs is 3. The van der Waals surface area contributed by atoms with Crippen LogP contribution < -0.4 is 14.4 Å². The maximum Gasteiger partial charge on any atom is 0.410 e. The first-order valence-electron chi connectivity index (χ1n) is 13.8. The first kappa shape index (κ1) is 26.4. The zero-order chi connectivity index (χ0) is 27.9. The molecule has 0 N–H and O–H groups in total. The molecule has 40 heavy (non-hydrogen) atoms. The third-order valence-electron chi connectivity index (χ3n) is 7.73. The normalized spacial score (nSPS) is 22.1. The van der Waals surface area contributed by atoms with Crippen LogP contribution in [0.4, 0.5) is 10.6 Å². The lowest BCUT2D eigenvalue weighted by Crippen LogP contribution is -2.55. The summed E-state index contributed by atoms with van der Waals surface area (Å²) >= 11 is 0. The number of carbonyl (C=O) groups is 1. The van der Waals surface area contributed by atoms with Gasteiger partial charge in [-0.1, -0.05) is 0 Å². The van der Waals surface area contributed by atoms with E-state index in [1.807, 2.05) is 60.7 Å². The molecule has 11 nitrogen and oxygen atoms in total. The number of hydrogen-bond acceptors (Lipinski definition) is 9. The molecule has 3 aliphatic heterocycles. The van der Waals surface area contributed by atoms with Crippen molar-refractivity contribution in [3.8, 4) is 28.4 Å². The van der Waals surface area contributed by atoms with Gasteiger partial charge in [0.1, 0.15) is 23.7 Å². The summed E-state index contributed by atoms with van der Waals surface area (Å²) < 4.78 is 24.8. The van der Waals surface area contributed by atoms with Crippen LogP contribution in [0.15, 0.2) is 43.0 Å². The molecule has 2 bridgehead atoms. The summed E-state index contributed by atoms with van der Waals surface area (Å²) in [7, 11) is 1.59. The molecule has 0 radical (unpaired) electrons. The Morgan fingerprint density at radius 3 is 2.60 bits per heavy atom. The van der Waals surface area contributed by atoms with Crippen LogP contribution in [-0.4, -0.2) is 81.5 Å². The van der Waals surface area contributed by atoms with Crippen LogP contribution in [0.2, 0.25) is 0 Å². The molecule has 0 unspecified atom stereocenters. The number of carbonyl (C=O) groups excluding carboxylic acids is 1. The number of rotatable bonds is 6. The Balaban J connectivity index is 1.24. The molecule has 0 spiro atoms. The van der Waals surface area contributed by atoms with Gasteiger partial charge in [-0.15, -0.1) is 10.2 Å². The number of hydrogen-bond donors (Lipinski definition) is 0. The van der Waals surface area contributed by atoms with E-state index in [-0.39, 0.29) is 31.0 Å². The fourth-order valence-electron chi connectivity index (χ4n) is 6.07. The first-order chi connectivity index (χ1) is 19.3. The molecule has 5 heterocycles. The van der Waals surface area contributed by atoms with Crippen molar-refractivity contribution in [2.24, 2.45) is 0 Å². The van der Waals surface area contributed by atoms with E-state index < -0.39 is 5.60 Å². The van der Waals surface area contributed by atoms with E-state index in [4.69, 9.17) is 18.9 Å². The van der Waals surface area contributed by atoms with E-state index in [0.29, 0.717) is 23.8 Å². The van der Waals surface area contributed by atoms with Gasteiger partial charge in [-0.2, -0.15) is 0 Å². The van der Waals surface area contributed by atoms with E-state index in [2.05, 4.69) is 20.1 Å². The molecule has 0 aliphatic carbocycles. The van der Waals surface area contributed by atoms with E-state index in [1.54, 1.807) is 19.6 Å². The predicted octanol–water partition coefficient (Wildman–Crippen LogP) is 4.44. The Morgan fingerprint density at radius 2 is 1.90 bits per heavy atom. The number of anilines is 1. The van der Waals surface area contributed by atoms with Gasteiger partial charge in [-0.05, 0) is 58.6 Å². The van der Waals surface area contributed by atoms with Gasteiger partial charge < -0.3 is 33.3 Å². The highest BCUT2D eigenvalue weighted by Crippen LogP contribution is 2.42. The highest BCUT2D eigenvalue weighted by Gasteiger charge is 2.47. The van der Waals surface area contributed by atoms with Crippen LogP contribution in [0.5, 0.6) is 11.5 Å². The Kier molecular flexibility index (Phi) is 6.99. The van der Waals surface area contributed by atoms with Crippen molar-refractivity contribution in [3.05, 3.63) is 43.0 Å². The molecule has 0 saturated carbocycles. The summed E-state index contributed by atoms with van der Waals surface area (Å²) in [4.78, 5) is 21.4. The number of nitrogens with zero attached hydrogens (tertiary/aromatic N) is 6. The molecule has 3 atom stereocenters. The van der Waals surface area contributed by atoms with Crippen molar-refractivity contribution in [3.63, 3.8) is 0 Å². The number of benzene rings is 1. The summed E-state index contributed by atoms with van der Waals surface area (Å²) in [5.74, 6) is 2.08. The number of amides is 1. The Morgan fingerprint density at radius 1 is 1.10 bits per heavy atom. The molecule has 6 rings (SSSR count). The zero-order valence-electron chi connectivity index (χ0n) is 23.4. The first-order valence-corrected chi connectivity index (χ1v) is 13.8. The second-order valence-electron chi connectivity index (χ2n) is 11.6. The van der Waals surface area contributed by atoms with E-state index >= 15 is 0 Å². The standard InChI is InChI=1S/C29H36N6O5/c1-29(2,3)40-28(36)35-20-5-6-21(35)14-22(13-20)34-11-12-38-26-16-24(31-32-27(26)34)23-8-7-19(33-10-9-30-17-33)15-25(23)39-18-37-4/h7-10,15-17,20-22H,5-6,11-14,18H2,1-4H3/t20-,21+,22-.